The number of hydrogen-bond acceptors (Lipinski definition) is 5. The molecule has 1 aromatic rings. The molecule has 1 aliphatic rings. The van der Waals surface area contributed by atoms with Crippen LogP contribution in [0, 0.1) is 5.82 Å². The van der Waals surface area contributed by atoms with E-state index in [1.807, 2.05) is 0 Å². The van der Waals surface area contributed by atoms with E-state index >= 15 is 0 Å². The molecule has 21 heavy (non-hydrogen) atoms. The first-order chi connectivity index (χ1) is 10.0. The van der Waals surface area contributed by atoms with E-state index in [4.69, 9.17) is 4.74 Å². The molecule has 5 nitrogen and oxygen atoms in total. The zero-order valence-corrected chi connectivity index (χ0v) is 12.0. The minimum Gasteiger partial charge on any atom is -0.465 e. The summed E-state index contributed by atoms with van der Waals surface area (Å²) in [6, 6.07) is 4.37. The maximum Gasteiger partial charge on any atom is 0.340 e. The zero-order valence-electron chi connectivity index (χ0n) is 12.0. The van der Waals surface area contributed by atoms with Gasteiger partial charge in [-0.2, -0.15) is 0 Å². The summed E-state index contributed by atoms with van der Waals surface area (Å²) in [5.74, 6) is -1.30. The van der Waals surface area contributed by atoms with E-state index < -0.39 is 17.4 Å². The number of methoxy groups -OCH3 is 1. The molecular weight excluding hydrogens is 277 g/mol. The number of carbonyl (C=O) groups is 1. The lowest BCUT2D eigenvalue weighted by Gasteiger charge is -2.32. The monoisotopic (exact) mass is 297 g/mol. The Labute approximate surface area is 123 Å². The van der Waals surface area contributed by atoms with Crippen LogP contribution in [0.5, 0.6) is 0 Å². The third kappa shape index (κ3) is 4.23. The van der Waals surface area contributed by atoms with Gasteiger partial charge in [0.1, 0.15) is 5.82 Å². The van der Waals surface area contributed by atoms with E-state index in [0.717, 1.165) is 0 Å². The fraction of sp³-hybridized carbons (Fsp3) is 0.533. The number of ether oxygens (including phenoxy) is 2. The number of benzene rings is 1. The minimum atomic E-state index is -0.761. The van der Waals surface area contributed by atoms with Gasteiger partial charge in [-0.25, -0.2) is 9.18 Å². The number of carbonyl (C=O) groups excluding carboxylic acids is 1. The van der Waals surface area contributed by atoms with Crippen molar-refractivity contribution < 1.29 is 23.8 Å². The van der Waals surface area contributed by atoms with Crippen LogP contribution in [0.4, 0.5) is 4.39 Å². The van der Waals surface area contributed by atoms with Crippen LogP contribution >= 0.6 is 0 Å². The van der Waals surface area contributed by atoms with Crippen molar-refractivity contribution in [2.24, 2.45) is 0 Å². The maximum absolute atomic E-state index is 13.8. The van der Waals surface area contributed by atoms with Gasteiger partial charge >= 0.3 is 5.97 Å². The van der Waals surface area contributed by atoms with E-state index in [1.165, 1.54) is 19.2 Å². The number of hydrogen-bond donors (Lipinski definition) is 2. The van der Waals surface area contributed by atoms with Crippen LogP contribution in [0.15, 0.2) is 18.2 Å². The van der Waals surface area contributed by atoms with E-state index in [0.29, 0.717) is 44.7 Å². The number of halogens is 1. The summed E-state index contributed by atoms with van der Waals surface area (Å²) in [6.07, 6.45) is 1.19. The Bertz CT molecular complexity index is 500. The smallest absolute Gasteiger partial charge is 0.340 e. The summed E-state index contributed by atoms with van der Waals surface area (Å²) in [6.45, 7) is 1.96. The molecule has 0 aliphatic carbocycles. The lowest BCUT2D eigenvalue weighted by molar-refractivity contribution is -0.0617. The molecule has 0 unspecified atom stereocenters. The molecule has 6 heteroatoms. The molecule has 1 heterocycles. The number of nitrogens with one attached hydrogen (secondary N) is 1. The second-order valence-electron chi connectivity index (χ2n) is 5.25. The van der Waals surface area contributed by atoms with Gasteiger partial charge < -0.3 is 19.9 Å². The molecule has 1 aliphatic heterocycles. The van der Waals surface area contributed by atoms with Crippen LogP contribution in [0.1, 0.15) is 28.8 Å². The highest BCUT2D eigenvalue weighted by molar-refractivity contribution is 5.89. The van der Waals surface area contributed by atoms with Crippen molar-refractivity contribution >= 4 is 5.97 Å². The van der Waals surface area contributed by atoms with E-state index in [1.54, 1.807) is 6.07 Å². The normalized spacial score (nSPS) is 17.5. The van der Waals surface area contributed by atoms with Crippen LogP contribution < -0.4 is 5.32 Å². The lowest BCUT2D eigenvalue weighted by atomic mass is 9.94. The van der Waals surface area contributed by atoms with Crippen LogP contribution in [0.2, 0.25) is 0 Å². The first-order valence-electron chi connectivity index (χ1n) is 6.92. The van der Waals surface area contributed by atoms with Gasteiger partial charge in [0.2, 0.25) is 0 Å². The molecule has 2 N–H and O–H groups in total. The standard InChI is InChI=1S/C15H20FNO4/c1-20-14(18)12-3-2-11(8-13(12)16)9-17-10-15(19)4-6-21-7-5-15/h2-3,8,17,19H,4-7,9-10H2,1H3. The molecule has 1 aromatic carbocycles. The summed E-state index contributed by atoms with van der Waals surface area (Å²) < 4.78 is 23.5. The second-order valence-corrected chi connectivity index (χ2v) is 5.25. The second kappa shape index (κ2) is 6.98. The fourth-order valence-corrected chi connectivity index (χ4v) is 2.31. The molecule has 1 saturated heterocycles. The molecule has 116 valence electrons. The zero-order chi connectivity index (χ0) is 15.3. The molecule has 0 bridgehead atoms. The van der Waals surface area contributed by atoms with Crippen molar-refractivity contribution in [2.75, 3.05) is 26.9 Å². The highest BCUT2D eigenvalue weighted by Crippen LogP contribution is 2.19. The summed E-state index contributed by atoms with van der Waals surface area (Å²) in [7, 11) is 1.21. The van der Waals surface area contributed by atoms with Crippen molar-refractivity contribution in [3.63, 3.8) is 0 Å². The first-order valence-corrected chi connectivity index (χ1v) is 6.92. The van der Waals surface area contributed by atoms with Crippen molar-refractivity contribution in [3.05, 3.63) is 35.1 Å². The Balaban J connectivity index is 1.89. The van der Waals surface area contributed by atoms with E-state index in [2.05, 4.69) is 10.1 Å². The third-order valence-corrected chi connectivity index (χ3v) is 3.65. The molecule has 1 fully saturated rings. The molecule has 0 atom stereocenters. The quantitative estimate of drug-likeness (QED) is 0.801. The molecule has 2 rings (SSSR count). The summed E-state index contributed by atoms with van der Waals surface area (Å²) in [5.41, 5.74) is -0.136. The molecule has 0 spiro atoms. The first kappa shape index (κ1) is 15.9. The Morgan fingerprint density at radius 1 is 1.48 bits per heavy atom. The number of aliphatic hydroxyl groups is 1. The number of esters is 1. The highest BCUT2D eigenvalue weighted by Gasteiger charge is 2.29. The highest BCUT2D eigenvalue weighted by atomic mass is 19.1. The molecule has 0 amide bonds. The van der Waals surface area contributed by atoms with Crippen LogP contribution in [-0.2, 0) is 16.0 Å². The Morgan fingerprint density at radius 2 is 2.19 bits per heavy atom. The van der Waals surface area contributed by atoms with Gasteiger partial charge in [-0.05, 0) is 17.7 Å². The van der Waals surface area contributed by atoms with Gasteiger partial charge in [0.15, 0.2) is 0 Å². The van der Waals surface area contributed by atoms with Crippen LogP contribution in [0.3, 0.4) is 0 Å². The summed E-state index contributed by atoms with van der Waals surface area (Å²) in [5, 5.41) is 13.4. The molecule has 0 radical (unpaired) electrons. The average Bonchev–Trinajstić information content (AvgIpc) is 2.47. The van der Waals surface area contributed by atoms with Crippen molar-refractivity contribution in [2.45, 2.75) is 25.0 Å². The molecule has 0 saturated carbocycles. The maximum atomic E-state index is 13.8. The topological polar surface area (TPSA) is 67.8 Å². The minimum absolute atomic E-state index is 0.0793. The van der Waals surface area contributed by atoms with Gasteiger partial charge in [0.25, 0.3) is 0 Å². The average molecular weight is 297 g/mol. The van der Waals surface area contributed by atoms with Crippen LogP contribution in [0.25, 0.3) is 0 Å². The number of rotatable bonds is 5. The van der Waals surface area contributed by atoms with Crippen LogP contribution in [-0.4, -0.2) is 43.5 Å². The Hall–Kier alpha value is -1.50. The predicted octanol–water partition coefficient (Wildman–Crippen LogP) is 1.24. The Kier molecular flexibility index (Phi) is 5.27. The third-order valence-electron chi connectivity index (χ3n) is 3.65. The van der Waals surface area contributed by atoms with Gasteiger partial charge in [-0.15, -0.1) is 0 Å². The fourth-order valence-electron chi connectivity index (χ4n) is 2.31. The van der Waals surface area contributed by atoms with E-state index in [9.17, 15) is 14.3 Å². The largest absolute Gasteiger partial charge is 0.465 e. The lowest BCUT2D eigenvalue weighted by Crippen LogP contribution is -2.44. The summed E-state index contributed by atoms with van der Waals surface area (Å²) >= 11 is 0. The van der Waals surface area contributed by atoms with Gasteiger partial charge in [-0.3, -0.25) is 0 Å². The van der Waals surface area contributed by atoms with Crippen molar-refractivity contribution in [1.29, 1.82) is 0 Å². The van der Waals surface area contributed by atoms with E-state index in [-0.39, 0.29) is 5.56 Å². The predicted molar refractivity (Wildman–Crippen MR) is 74.4 cm³/mol. The molecular formula is C15H20FNO4. The summed E-state index contributed by atoms with van der Waals surface area (Å²) in [4.78, 5) is 11.3. The van der Waals surface area contributed by atoms with Crippen molar-refractivity contribution in [1.82, 2.24) is 5.32 Å². The van der Waals surface area contributed by atoms with Crippen molar-refractivity contribution in [3.8, 4) is 0 Å². The van der Waals surface area contributed by atoms with Gasteiger partial charge in [0.05, 0.1) is 18.3 Å². The Morgan fingerprint density at radius 3 is 2.81 bits per heavy atom. The molecule has 0 aromatic heterocycles. The van der Waals surface area contributed by atoms with Gasteiger partial charge in [0, 0.05) is 39.1 Å². The SMILES string of the molecule is COC(=O)c1ccc(CNCC2(O)CCOCC2)cc1F. The van der Waals surface area contributed by atoms with Gasteiger partial charge in [-0.1, -0.05) is 6.07 Å².